The molecule has 1 amide bonds. The van der Waals surface area contributed by atoms with Gasteiger partial charge in [0.1, 0.15) is 5.69 Å². The number of nitrogens with zero attached hydrogens (tertiary/aromatic N) is 4. The first-order valence-corrected chi connectivity index (χ1v) is 10.8. The van der Waals surface area contributed by atoms with E-state index in [1.807, 2.05) is 52.2 Å². The van der Waals surface area contributed by atoms with Gasteiger partial charge >= 0.3 is 0 Å². The van der Waals surface area contributed by atoms with Crippen molar-refractivity contribution in [1.29, 1.82) is 0 Å². The minimum absolute atomic E-state index is 0.00604. The highest BCUT2D eigenvalue weighted by Crippen LogP contribution is 2.26. The first kappa shape index (κ1) is 19.9. The number of hydrogen-bond acceptors (Lipinski definition) is 3. The SMILES string of the molecule is O=C(c1cn(Cc2ccccc2)nc1-c1cccnc1)N1CC=C(c2ccccc2)CC1. The molecular weight excluding hydrogens is 396 g/mol. The van der Waals surface area contributed by atoms with Crippen LogP contribution in [0.1, 0.15) is 27.9 Å². The van der Waals surface area contributed by atoms with Crippen LogP contribution < -0.4 is 0 Å². The Bertz CT molecular complexity index is 1230. The Morgan fingerprint density at radius 3 is 2.34 bits per heavy atom. The molecule has 0 radical (unpaired) electrons. The fraction of sp³-hybridized carbons (Fsp3) is 0.148. The number of pyridine rings is 1. The normalized spacial score (nSPS) is 13.6. The Morgan fingerprint density at radius 2 is 1.66 bits per heavy atom. The van der Waals surface area contributed by atoms with E-state index in [1.54, 1.807) is 12.4 Å². The summed E-state index contributed by atoms with van der Waals surface area (Å²) in [6.45, 7) is 1.90. The molecule has 4 aromatic rings. The zero-order valence-corrected chi connectivity index (χ0v) is 17.8. The van der Waals surface area contributed by atoms with Crippen molar-refractivity contribution in [3.05, 3.63) is 114 Å². The summed E-state index contributed by atoms with van der Waals surface area (Å²) >= 11 is 0. The molecule has 0 unspecified atom stereocenters. The molecule has 3 heterocycles. The molecule has 0 atom stereocenters. The zero-order chi connectivity index (χ0) is 21.8. The van der Waals surface area contributed by atoms with Crippen LogP contribution in [0.5, 0.6) is 0 Å². The maximum absolute atomic E-state index is 13.5. The second kappa shape index (κ2) is 9.02. The Kier molecular flexibility index (Phi) is 5.62. The monoisotopic (exact) mass is 420 g/mol. The summed E-state index contributed by atoms with van der Waals surface area (Å²) in [6, 6.07) is 24.3. The van der Waals surface area contributed by atoms with Gasteiger partial charge in [-0.25, -0.2) is 0 Å². The highest BCUT2D eigenvalue weighted by molar-refractivity contribution is 6.00. The van der Waals surface area contributed by atoms with Crippen molar-refractivity contribution < 1.29 is 4.79 Å². The Hall–Kier alpha value is -3.99. The summed E-state index contributed by atoms with van der Waals surface area (Å²) in [5.74, 6) is 0.00604. The third-order valence-corrected chi connectivity index (χ3v) is 5.76. The highest BCUT2D eigenvalue weighted by Gasteiger charge is 2.25. The fourth-order valence-corrected chi connectivity index (χ4v) is 4.08. The quantitative estimate of drug-likeness (QED) is 0.460. The molecule has 2 aromatic carbocycles. The van der Waals surface area contributed by atoms with Crippen LogP contribution in [0.15, 0.2) is 97.5 Å². The van der Waals surface area contributed by atoms with Crippen LogP contribution in [-0.2, 0) is 6.54 Å². The lowest BCUT2D eigenvalue weighted by atomic mass is 9.99. The summed E-state index contributed by atoms with van der Waals surface area (Å²) in [5.41, 5.74) is 5.80. The van der Waals surface area contributed by atoms with Crippen LogP contribution in [0.3, 0.4) is 0 Å². The van der Waals surface area contributed by atoms with Gasteiger partial charge in [-0.3, -0.25) is 14.5 Å². The highest BCUT2D eigenvalue weighted by atomic mass is 16.2. The average molecular weight is 421 g/mol. The van der Waals surface area contributed by atoms with E-state index in [9.17, 15) is 4.79 Å². The fourth-order valence-electron chi connectivity index (χ4n) is 4.08. The van der Waals surface area contributed by atoms with Gasteiger partial charge in [0.2, 0.25) is 0 Å². The van der Waals surface area contributed by atoms with Gasteiger partial charge in [-0.1, -0.05) is 66.7 Å². The van der Waals surface area contributed by atoms with Crippen LogP contribution in [0, 0.1) is 0 Å². The van der Waals surface area contributed by atoms with Crippen molar-refractivity contribution in [2.75, 3.05) is 13.1 Å². The second-order valence-electron chi connectivity index (χ2n) is 7.91. The molecule has 5 heteroatoms. The van der Waals surface area contributed by atoms with E-state index in [1.165, 1.54) is 11.1 Å². The largest absolute Gasteiger partial charge is 0.334 e. The molecule has 0 saturated heterocycles. The van der Waals surface area contributed by atoms with E-state index in [0.29, 0.717) is 30.9 Å². The lowest BCUT2D eigenvalue weighted by molar-refractivity contribution is 0.0773. The van der Waals surface area contributed by atoms with E-state index in [-0.39, 0.29) is 5.91 Å². The molecular formula is C27H24N4O. The maximum atomic E-state index is 13.5. The average Bonchev–Trinajstić information content (AvgIpc) is 3.29. The van der Waals surface area contributed by atoms with E-state index < -0.39 is 0 Å². The maximum Gasteiger partial charge on any atom is 0.257 e. The Balaban J connectivity index is 1.43. The van der Waals surface area contributed by atoms with Crippen molar-refractivity contribution >= 4 is 11.5 Å². The molecule has 32 heavy (non-hydrogen) atoms. The van der Waals surface area contributed by atoms with E-state index in [4.69, 9.17) is 5.10 Å². The lowest BCUT2D eigenvalue weighted by Crippen LogP contribution is -2.34. The molecule has 0 fully saturated rings. The molecule has 1 aliphatic heterocycles. The minimum Gasteiger partial charge on any atom is -0.334 e. The van der Waals surface area contributed by atoms with Gasteiger partial charge < -0.3 is 4.90 Å². The van der Waals surface area contributed by atoms with E-state index in [0.717, 1.165) is 17.5 Å². The van der Waals surface area contributed by atoms with Gasteiger partial charge in [-0.2, -0.15) is 5.10 Å². The predicted molar refractivity (Wildman–Crippen MR) is 126 cm³/mol. The molecule has 0 spiro atoms. The topological polar surface area (TPSA) is 51.0 Å². The molecule has 0 aliphatic carbocycles. The van der Waals surface area contributed by atoms with Crippen LogP contribution >= 0.6 is 0 Å². The van der Waals surface area contributed by atoms with E-state index >= 15 is 0 Å². The number of rotatable bonds is 5. The smallest absolute Gasteiger partial charge is 0.257 e. The Labute approximate surface area is 187 Å². The van der Waals surface area contributed by atoms with Gasteiger partial charge in [0.05, 0.1) is 12.1 Å². The molecule has 5 nitrogen and oxygen atoms in total. The van der Waals surface area contributed by atoms with Gasteiger partial charge in [0, 0.05) is 37.2 Å². The van der Waals surface area contributed by atoms with Crippen molar-refractivity contribution in [3.63, 3.8) is 0 Å². The lowest BCUT2D eigenvalue weighted by Gasteiger charge is -2.26. The zero-order valence-electron chi connectivity index (χ0n) is 17.8. The predicted octanol–water partition coefficient (Wildman–Crippen LogP) is 4.92. The van der Waals surface area contributed by atoms with E-state index in [2.05, 4.69) is 47.5 Å². The first-order chi connectivity index (χ1) is 15.8. The number of benzene rings is 2. The van der Waals surface area contributed by atoms with Gasteiger partial charge in [0.15, 0.2) is 0 Å². The van der Waals surface area contributed by atoms with Crippen molar-refractivity contribution in [2.24, 2.45) is 0 Å². The number of carbonyl (C=O) groups excluding carboxylic acids is 1. The summed E-state index contributed by atoms with van der Waals surface area (Å²) in [4.78, 5) is 19.7. The van der Waals surface area contributed by atoms with Gasteiger partial charge in [-0.05, 0) is 35.3 Å². The van der Waals surface area contributed by atoms with Crippen LogP contribution in [0.4, 0.5) is 0 Å². The summed E-state index contributed by atoms with van der Waals surface area (Å²) in [6.07, 6.45) is 8.36. The molecule has 2 aromatic heterocycles. The number of carbonyl (C=O) groups is 1. The molecule has 0 bridgehead atoms. The minimum atomic E-state index is 0.00604. The number of amides is 1. The molecule has 0 N–H and O–H groups in total. The van der Waals surface area contributed by atoms with Gasteiger partial charge in [0.25, 0.3) is 5.91 Å². The van der Waals surface area contributed by atoms with Gasteiger partial charge in [-0.15, -0.1) is 0 Å². The van der Waals surface area contributed by atoms with Crippen LogP contribution in [0.25, 0.3) is 16.8 Å². The second-order valence-corrected chi connectivity index (χ2v) is 7.91. The summed E-state index contributed by atoms with van der Waals surface area (Å²) < 4.78 is 1.85. The van der Waals surface area contributed by atoms with Crippen molar-refractivity contribution in [3.8, 4) is 11.3 Å². The third-order valence-electron chi connectivity index (χ3n) is 5.76. The number of aromatic nitrogens is 3. The van der Waals surface area contributed by atoms with Crippen LogP contribution in [0.2, 0.25) is 0 Å². The summed E-state index contributed by atoms with van der Waals surface area (Å²) in [7, 11) is 0. The third kappa shape index (κ3) is 4.23. The molecule has 5 rings (SSSR count). The Morgan fingerprint density at radius 1 is 0.906 bits per heavy atom. The molecule has 0 saturated carbocycles. The number of hydrogen-bond donors (Lipinski definition) is 0. The standard InChI is InChI=1S/C27H24N4O/c32-27(30-16-13-23(14-17-30)22-10-5-2-6-11-22)25-20-31(19-21-8-3-1-4-9-21)29-26(25)24-12-7-15-28-18-24/h1-13,15,18,20H,14,16-17,19H2. The molecule has 158 valence electrons. The molecule has 1 aliphatic rings. The first-order valence-electron chi connectivity index (χ1n) is 10.8. The summed E-state index contributed by atoms with van der Waals surface area (Å²) in [5, 5.41) is 4.77. The van der Waals surface area contributed by atoms with Crippen molar-refractivity contribution in [2.45, 2.75) is 13.0 Å². The van der Waals surface area contributed by atoms with Crippen LogP contribution in [-0.4, -0.2) is 38.7 Å². The van der Waals surface area contributed by atoms with Crippen molar-refractivity contribution in [1.82, 2.24) is 19.7 Å².